The van der Waals surface area contributed by atoms with Crippen LogP contribution < -0.4 is 10.1 Å². The van der Waals surface area contributed by atoms with Crippen molar-refractivity contribution in [1.82, 2.24) is 5.32 Å². The summed E-state index contributed by atoms with van der Waals surface area (Å²) in [6.07, 6.45) is 4.87. The van der Waals surface area contributed by atoms with Gasteiger partial charge in [0.2, 0.25) is 0 Å². The van der Waals surface area contributed by atoms with E-state index in [4.69, 9.17) is 9.47 Å². The average Bonchev–Trinajstić information content (AvgIpc) is 3.30. The fraction of sp³-hybridized carbons (Fsp3) is 0.625. The molecule has 2 aliphatic rings. The van der Waals surface area contributed by atoms with Crippen LogP contribution in [0.3, 0.4) is 0 Å². The van der Waals surface area contributed by atoms with Gasteiger partial charge in [-0.1, -0.05) is 15.9 Å². The molecular weight excluding hydrogens is 318 g/mol. The smallest absolute Gasteiger partial charge is 0.119 e. The van der Waals surface area contributed by atoms with E-state index in [1.807, 2.05) is 6.07 Å². The van der Waals surface area contributed by atoms with Crippen LogP contribution in [0.4, 0.5) is 0 Å². The zero-order chi connectivity index (χ0) is 13.8. The Morgan fingerprint density at radius 3 is 2.75 bits per heavy atom. The summed E-state index contributed by atoms with van der Waals surface area (Å²) >= 11 is 3.62. The first-order valence-electron chi connectivity index (χ1n) is 7.53. The van der Waals surface area contributed by atoms with Gasteiger partial charge >= 0.3 is 0 Å². The molecule has 2 fully saturated rings. The van der Waals surface area contributed by atoms with Crippen LogP contribution in [-0.2, 0) is 11.3 Å². The van der Waals surface area contributed by atoms with Crippen molar-refractivity contribution in [2.24, 2.45) is 5.92 Å². The molecule has 1 saturated carbocycles. The topological polar surface area (TPSA) is 30.5 Å². The maximum absolute atomic E-state index is 5.96. The SMILES string of the molecule is Brc1ccc(OCC2CCOCC2)cc1CNC1CC1. The van der Waals surface area contributed by atoms with Crippen molar-refractivity contribution < 1.29 is 9.47 Å². The van der Waals surface area contributed by atoms with Crippen molar-refractivity contribution in [3.05, 3.63) is 28.2 Å². The van der Waals surface area contributed by atoms with E-state index in [0.29, 0.717) is 5.92 Å². The summed E-state index contributed by atoms with van der Waals surface area (Å²) in [4.78, 5) is 0. The lowest BCUT2D eigenvalue weighted by molar-refractivity contribution is 0.0497. The summed E-state index contributed by atoms with van der Waals surface area (Å²) in [5, 5.41) is 3.54. The van der Waals surface area contributed by atoms with E-state index in [1.165, 1.54) is 18.4 Å². The van der Waals surface area contributed by atoms with E-state index in [0.717, 1.165) is 55.5 Å². The second kappa shape index (κ2) is 6.92. The maximum atomic E-state index is 5.96. The summed E-state index contributed by atoms with van der Waals surface area (Å²) in [5.74, 6) is 1.62. The Bertz CT molecular complexity index is 442. The molecule has 1 heterocycles. The van der Waals surface area contributed by atoms with Crippen LogP contribution in [0, 0.1) is 5.92 Å². The molecule has 1 aliphatic carbocycles. The minimum Gasteiger partial charge on any atom is -0.493 e. The quantitative estimate of drug-likeness (QED) is 0.860. The zero-order valence-corrected chi connectivity index (χ0v) is 13.3. The van der Waals surface area contributed by atoms with Gasteiger partial charge in [0.25, 0.3) is 0 Å². The number of rotatable bonds is 6. The van der Waals surface area contributed by atoms with Gasteiger partial charge in [-0.25, -0.2) is 0 Å². The molecule has 0 atom stereocenters. The number of hydrogen-bond acceptors (Lipinski definition) is 3. The third-order valence-electron chi connectivity index (χ3n) is 4.00. The molecule has 0 bridgehead atoms. The molecule has 3 nitrogen and oxygen atoms in total. The Morgan fingerprint density at radius 1 is 1.20 bits per heavy atom. The van der Waals surface area contributed by atoms with Crippen molar-refractivity contribution in [3.8, 4) is 5.75 Å². The maximum Gasteiger partial charge on any atom is 0.119 e. The van der Waals surface area contributed by atoms with Gasteiger partial charge in [-0.15, -0.1) is 0 Å². The van der Waals surface area contributed by atoms with E-state index in [1.54, 1.807) is 0 Å². The Kier molecular flexibility index (Phi) is 4.97. The Morgan fingerprint density at radius 2 is 2.00 bits per heavy atom. The Balaban J connectivity index is 1.53. The fourth-order valence-corrected chi connectivity index (χ4v) is 2.83. The molecule has 0 amide bonds. The minimum atomic E-state index is 0.639. The zero-order valence-electron chi connectivity index (χ0n) is 11.7. The van der Waals surface area contributed by atoms with Crippen LogP contribution in [-0.4, -0.2) is 25.9 Å². The molecule has 1 aromatic rings. The molecule has 1 saturated heterocycles. The van der Waals surface area contributed by atoms with Gasteiger partial charge in [0.05, 0.1) is 6.61 Å². The van der Waals surface area contributed by atoms with E-state index in [9.17, 15) is 0 Å². The predicted octanol–water partition coefficient (Wildman–Crippen LogP) is 3.51. The highest BCUT2D eigenvalue weighted by Gasteiger charge is 2.20. The third-order valence-corrected chi connectivity index (χ3v) is 4.78. The lowest BCUT2D eigenvalue weighted by Gasteiger charge is -2.22. The summed E-state index contributed by atoms with van der Waals surface area (Å²) in [7, 11) is 0. The monoisotopic (exact) mass is 339 g/mol. The molecule has 1 aromatic carbocycles. The highest BCUT2D eigenvalue weighted by molar-refractivity contribution is 9.10. The molecule has 0 radical (unpaired) electrons. The van der Waals surface area contributed by atoms with Crippen LogP contribution in [0.1, 0.15) is 31.2 Å². The summed E-state index contributed by atoms with van der Waals surface area (Å²) in [6, 6.07) is 7.01. The predicted molar refractivity (Wildman–Crippen MR) is 83.0 cm³/mol. The first-order chi connectivity index (χ1) is 9.81. The molecular formula is C16H22BrNO2. The average molecular weight is 340 g/mol. The van der Waals surface area contributed by atoms with Crippen molar-refractivity contribution in [3.63, 3.8) is 0 Å². The molecule has 0 unspecified atom stereocenters. The molecule has 0 aromatic heterocycles. The fourth-order valence-electron chi connectivity index (χ4n) is 2.45. The van der Waals surface area contributed by atoms with Gasteiger partial charge < -0.3 is 14.8 Å². The lowest BCUT2D eigenvalue weighted by atomic mass is 10.0. The van der Waals surface area contributed by atoms with Gasteiger partial charge in [0, 0.05) is 30.3 Å². The summed E-state index contributed by atoms with van der Waals surface area (Å²) in [5.41, 5.74) is 1.28. The van der Waals surface area contributed by atoms with E-state index in [-0.39, 0.29) is 0 Å². The Labute approximate surface area is 129 Å². The number of ether oxygens (including phenoxy) is 2. The van der Waals surface area contributed by atoms with Crippen molar-refractivity contribution in [2.75, 3.05) is 19.8 Å². The molecule has 0 spiro atoms. The van der Waals surface area contributed by atoms with Crippen molar-refractivity contribution >= 4 is 15.9 Å². The summed E-state index contributed by atoms with van der Waals surface area (Å²) < 4.78 is 12.5. The van der Waals surface area contributed by atoms with Gasteiger partial charge in [0.1, 0.15) is 5.75 Å². The van der Waals surface area contributed by atoms with Crippen molar-refractivity contribution in [1.29, 1.82) is 0 Å². The van der Waals surface area contributed by atoms with E-state index < -0.39 is 0 Å². The highest BCUT2D eigenvalue weighted by atomic mass is 79.9. The van der Waals surface area contributed by atoms with Crippen LogP contribution in [0.15, 0.2) is 22.7 Å². The van der Waals surface area contributed by atoms with Gasteiger partial charge in [-0.2, -0.15) is 0 Å². The van der Waals surface area contributed by atoms with E-state index in [2.05, 4.69) is 33.4 Å². The van der Waals surface area contributed by atoms with Gasteiger partial charge in [-0.3, -0.25) is 0 Å². The second-order valence-corrected chi connectivity index (χ2v) is 6.63. The minimum absolute atomic E-state index is 0.639. The lowest BCUT2D eigenvalue weighted by Crippen LogP contribution is -2.21. The molecule has 1 N–H and O–H groups in total. The summed E-state index contributed by atoms with van der Waals surface area (Å²) in [6.45, 7) is 3.48. The second-order valence-electron chi connectivity index (χ2n) is 5.78. The standard InChI is InChI=1S/C16H22BrNO2/c17-16-4-3-15(9-13(16)10-18-14-1-2-14)20-11-12-5-7-19-8-6-12/h3-4,9,12,14,18H,1-2,5-8,10-11H2. The van der Waals surface area contributed by atoms with Gasteiger partial charge in [-0.05, 0) is 55.4 Å². The largest absolute Gasteiger partial charge is 0.493 e. The van der Waals surface area contributed by atoms with Crippen LogP contribution in [0.2, 0.25) is 0 Å². The first kappa shape index (κ1) is 14.4. The van der Waals surface area contributed by atoms with Gasteiger partial charge in [0.15, 0.2) is 0 Å². The normalized spacial score (nSPS) is 20.1. The number of halogens is 1. The molecule has 3 rings (SSSR count). The number of nitrogens with one attached hydrogen (secondary N) is 1. The van der Waals surface area contributed by atoms with Crippen LogP contribution in [0.25, 0.3) is 0 Å². The Hall–Kier alpha value is -0.580. The molecule has 4 heteroatoms. The number of hydrogen-bond donors (Lipinski definition) is 1. The van der Waals surface area contributed by atoms with Crippen molar-refractivity contribution in [2.45, 2.75) is 38.3 Å². The van der Waals surface area contributed by atoms with E-state index >= 15 is 0 Å². The number of benzene rings is 1. The molecule has 20 heavy (non-hydrogen) atoms. The highest BCUT2D eigenvalue weighted by Crippen LogP contribution is 2.26. The third kappa shape index (κ3) is 4.21. The van der Waals surface area contributed by atoms with Crippen LogP contribution in [0.5, 0.6) is 5.75 Å². The molecule has 1 aliphatic heterocycles. The van der Waals surface area contributed by atoms with Crippen LogP contribution >= 0.6 is 15.9 Å². The molecule has 110 valence electrons. The first-order valence-corrected chi connectivity index (χ1v) is 8.33.